The minimum Gasteiger partial charge on any atom is -0.475 e. The van der Waals surface area contributed by atoms with Crippen LogP contribution in [-0.2, 0) is 0 Å². The lowest BCUT2D eigenvalue weighted by atomic mass is 10.3. The summed E-state index contributed by atoms with van der Waals surface area (Å²) in [7, 11) is 0. The molecule has 0 aliphatic carbocycles. The molecule has 96 valence electrons. The molecule has 5 heteroatoms. The van der Waals surface area contributed by atoms with Crippen LogP contribution in [0.25, 0.3) is 0 Å². The molecule has 4 nitrogen and oxygen atoms in total. The van der Waals surface area contributed by atoms with E-state index in [0.29, 0.717) is 17.7 Å². The number of rotatable bonds is 6. The largest absolute Gasteiger partial charge is 0.475 e. The van der Waals surface area contributed by atoms with Gasteiger partial charge in [0.1, 0.15) is 0 Å². The van der Waals surface area contributed by atoms with Crippen LogP contribution in [0.2, 0.25) is 0 Å². The van der Waals surface area contributed by atoms with Gasteiger partial charge in [-0.15, -0.1) is 11.6 Å². The second kappa shape index (κ2) is 6.64. The molecule has 0 aliphatic rings. The lowest BCUT2D eigenvalue weighted by molar-refractivity contribution is 0.232. The van der Waals surface area contributed by atoms with Gasteiger partial charge in [-0.25, -0.2) is 4.98 Å². The quantitative estimate of drug-likeness (QED) is 0.796. The maximum absolute atomic E-state index is 5.83. The number of anilines is 1. The van der Waals surface area contributed by atoms with Gasteiger partial charge in [-0.2, -0.15) is 4.98 Å². The highest BCUT2D eigenvalue weighted by Crippen LogP contribution is 2.14. The molecule has 0 bridgehead atoms. The van der Waals surface area contributed by atoms with E-state index in [1.165, 1.54) is 0 Å². The van der Waals surface area contributed by atoms with E-state index >= 15 is 0 Å². The summed E-state index contributed by atoms with van der Waals surface area (Å²) in [6.07, 6.45) is 1.04. The Morgan fingerprint density at radius 2 is 2.12 bits per heavy atom. The number of nitrogens with one attached hydrogen (secondary N) is 1. The molecule has 0 saturated carbocycles. The van der Waals surface area contributed by atoms with Crippen molar-refractivity contribution in [3.8, 4) is 5.88 Å². The van der Waals surface area contributed by atoms with E-state index in [1.54, 1.807) is 0 Å². The molecule has 0 aliphatic heterocycles. The molecule has 1 aromatic rings. The third-order valence-electron chi connectivity index (χ3n) is 2.20. The van der Waals surface area contributed by atoms with E-state index < -0.39 is 0 Å². The minimum absolute atomic E-state index is 0.104. The maximum atomic E-state index is 5.83. The Morgan fingerprint density at radius 1 is 1.41 bits per heavy atom. The van der Waals surface area contributed by atoms with E-state index in [-0.39, 0.29) is 12.1 Å². The van der Waals surface area contributed by atoms with Crippen molar-refractivity contribution in [1.29, 1.82) is 0 Å². The highest BCUT2D eigenvalue weighted by molar-refractivity contribution is 6.18. The van der Waals surface area contributed by atoms with Gasteiger partial charge in [0.25, 0.3) is 0 Å². The van der Waals surface area contributed by atoms with Gasteiger partial charge in [-0.1, -0.05) is 6.92 Å². The van der Waals surface area contributed by atoms with Crippen molar-refractivity contribution in [2.45, 2.75) is 46.3 Å². The van der Waals surface area contributed by atoms with Gasteiger partial charge < -0.3 is 10.1 Å². The topological polar surface area (TPSA) is 47.0 Å². The SMILES string of the molecule is CCC(CCl)Nc1nc(C)cc(OC(C)C)n1. The van der Waals surface area contributed by atoms with Crippen LogP contribution in [0.5, 0.6) is 5.88 Å². The summed E-state index contributed by atoms with van der Waals surface area (Å²) in [6.45, 7) is 7.93. The molecule has 0 amide bonds. The average Bonchev–Trinajstić information content (AvgIpc) is 2.24. The van der Waals surface area contributed by atoms with Crippen molar-refractivity contribution >= 4 is 17.5 Å². The average molecular weight is 258 g/mol. The van der Waals surface area contributed by atoms with Crippen LogP contribution >= 0.6 is 11.6 Å². The fraction of sp³-hybridized carbons (Fsp3) is 0.667. The zero-order valence-corrected chi connectivity index (χ0v) is 11.6. The van der Waals surface area contributed by atoms with Crippen LogP contribution in [-0.4, -0.2) is 28.0 Å². The lowest BCUT2D eigenvalue weighted by Gasteiger charge is -2.15. The lowest BCUT2D eigenvalue weighted by Crippen LogP contribution is -2.22. The fourth-order valence-corrected chi connectivity index (χ4v) is 1.63. The summed E-state index contributed by atoms with van der Waals surface area (Å²) in [5.41, 5.74) is 0.877. The molecule has 1 rings (SSSR count). The zero-order chi connectivity index (χ0) is 12.8. The first-order valence-corrected chi connectivity index (χ1v) is 6.43. The van der Waals surface area contributed by atoms with Gasteiger partial charge in [-0.05, 0) is 27.2 Å². The van der Waals surface area contributed by atoms with E-state index in [2.05, 4.69) is 22.2 Å². The number of hydrogen-bond donors (Lipinski definition) is 1. The van der Waals surface area contributed by atoms with E-state index in [9.17, 15) is 0 Å². The number of halogens is 1. The zero-order valence-electron chi connectivity index (χ0n) is 10.8. The molecule has 1 unspecified atom stereocenters. The molecule has 1 heterocycles. The number of ether oxygens (including phenoxy) is 1. The second-order valence-electron chi connectivity index (χ2n) is 4.24. The first-order valence-electron chi connectivity index (χ1n) is 5.90. The van der Waals surface area contributed by atoms with Crippen molar-refractivity contribution < 1.29 is 4.74 Å². The molecule has 0 aromatic carbocycles. The van der Waals surface area contributed by atoms with Crippen LogP contribution in [0.3, 0.4) is 0 Å². The number of aryl methyl sites for hydroxylation is 1. The summed E-state index contributed by atoms with van der Waals surface area (Å²) < 4.78 is 5.56. The van der Waals surface area contributed by atoms with Gasteiger partial charge in [-0.3, -0.25) is 0 Å². The normalized spacial score (nSPS) is 12.6. The molecule has 0 radical (unpaired) electrons. The standard InChI is InChI=1S/C12H20ClN3O/c1-5-10(7-13)15-12-14-9(4)6-11(16-12)17-8(2)3/h6,8,10H,5,7H2,1-4H3,(H,14,15,16). The molecular weight excluding hydrogens is 238 g/mol. The monoisotopic (exact) mass is 257 g/mol. The molecular formula is C12H20ClN3O. The number of nitrogens with zero attached hydrogens (tertiary/aromatic N) is 2. The Kier molecular flexibility index (Phi) is 5.48. The third kappa shape index (κ3) is 4.77. The molecule has 17 heavy (non-hydrogen) atoms. The van der Waals surface area contributed by atoms with Gasteiger partial charge in [0, 0.05) is 23.7 Å². The molecule has 1 N–H and O–H groups in total. The summed E-state index contributed by atoms with van der Waals surface area (Å²) in [5, 5.41) is 3.20. The van der Waals surface area contributed by atoms with Crippen molar-refractivity contribution in [3.63, 3.8) is 0 Å². The molecule has 0 spiro atoms. The highest BCUT2D eigenvalue weighted by atomic mass is 35.5. The predicted octanol–water partition coefficient (Wildman–Crippen LogP) is 3.00. The van der Waals surface area contributed by atoms with Crippen molar-refractivity contribution in [2.24, 2.45) is 0 Å². The fourth-order valence-electron chi connectivity index (χ4n) is 1.34. The number of hydrogen-bond acceptors (Lipinski definition) is 4. The molecule has 0 fully saturated rings. The summed E-state index contributed by atoms with van der Waals surface area (Å²) >= 11 is 5.83. The predicted molar refractivity (Wildman–Crippen MR) is 71.0 cm³/mol. The maximum Gasteiger partial charge on any atom is 0.226 e. The second-order valence-corrected chi connectivity index (χ2v) is 4.55. The van der Waals surface area contributed by atoms with Crippen LogP contribution < -0.4 is 10.1 Å². The van der Waals surface area contributed by atoms with Crippen LogP contribution in [0.15, 0.2) is 6.07 Å². The van der Waals surface area contributed by atoms with Gasteiger partial charge >= 0.3 is 0 Å². The Labute approximate surface area is 108 Å². The summed E-state index contributed by atoms with van der Waals surface area (Å²) in [5.74, 6) is 1.71. The Bertz CT molecular complexity index is 354. The Balaban J connectivity index is 2.81. The molecule has 1 atom stereocenters. The van der Waals surface area contributed by atoms with Crippen molar-refractivity contribution in [2.75, 3.05) is 11.2 Å². The molecule has 1 aromatic heterocycles. The highest BCUT2D eigenvalue weighted by Gasteiger charge is 2.09. The summed E-state index contributed by atoms with van der Waals surface area (Å²) in [4.78, 5) is 8.62. The van der Waals surface area contributed by atoms with Crippen molar-refractivity contribution in [1.82, 2.24) is 9.97 Å². The van der Waals surface area contributed by atoms with E-state index in [1.807, 2.05) is 26.8 Å². The summed E-state index contributed by atoms with van der Waals surface area (Å²) in [6, 6.07) is 2.01. The van der Waals surface area contributed by atoms with Crippen molar-refractivity contribution in [3.05, 3.63) is 11.8 Å². The first-order chi connectivity index (χ1) is 8.05. The Morgan fingerprint density at radius 3 is 2.65 bits per heavy atom. The van der Waals surface area contributed by atoms with Crippen LogP contribution in [0, 0.1) is 6.92 Å². The first kappa shape index (κ1) is 14.0. The van der Waals surface area contributed by atoms with Gasteiger partial charge in [0.05, 0.1) is 6.10 Å². The minimum atomic E-state index is 0.104. The van der Waals surface area contributed by atoms with Gasteiger partial charge in [0.15, 0.2) is 0 Å². The van der Waals surface area contributed by atoms with Gasteiger partial charge in [0.2, 0.25) is 11.8 Å². The smallest absolute Gasteiger partial charge is 0.226 e. The third-order valence-corrected chi connectivity index (χ3v) is 2.57. The number of alkyl halides is 1. The van der Waals surface area contributed by atoms with Crippen LogP contribution in [0.1, 0.15) is 32.9 Å². The molecule has 0 saturated heterocycles. The van der Waals surface area contributed by atoms with Crippen LogP contribution in [0.4, 0.5) is 5.95 Å². The number of aromatic nitrogens is 2. The van der Waals surface area contributed by atoms with E-state index in [0.717, 1.165) is 12.1 Å². The Hall–Kier alpha value is -1.03. The van der Waals surface area contributed by atoms with E-state index in [4.69, 9.17) is 16.3 Å².